The number of benzene rings is 2. The Morgan fingerprint density at radius 1 is 1.04 bits per heavy atom. The largest absolute Gasteiger partial charge is 0.372 e. The monoisotopic (exact) mass is 382 g/mol. The molecule has 0 aliphatic carbocycles. The van der Waals surface area contributed by atoms with E-state index in [-0.39, 0.29) is 10.6 Å². The molecule has 4 nitrogen and oxygen atoms in total. The number of hydrogen-bond acceptors (Lipinski definition) is 3. The van der Waals surface area contributed by atoms with Gasteiger partial charge in [-0.15, -0.1) is 0 Å². The van der Waals surface area contributed by atoms with Crippen molar-refractivity contribution in [3.05, 3.63) is 58.9 Å². The summed E-state index contributed by atoms with van der Waals surface area (Å²) in [6.07, 6.45) is 3.61. The molecule has 0 unspecified atom stereocenters. The lowest BCUT2D eigenvalue weighted by atomic mass is 10.1. The molecule has 0 aromatic heterocycles. The highest BCUT2D eigenvalue weighted by Crippen LogP contribution is 2.24. The van der Waals surface area contributed by atoms with E-state index in [1.807, 2.05) is 12.1 Å². The summed E-state index contributed by atoms with van der Waals surface area (Å²) in [5.41, 5.74) is 1.51. The number of rotatable bonds is 5. The Morgan fingerprint density at radius 3 is 2.36 bits per heavy atom. The molecule has 0 saturated carbocycles. The normalized spacial score (nSPS) is 15.2. The lowest BCUT2D eigenvalue weighted by Crippen LogP contribution is -2.29. The number of hydrogen-bond donors (Lipinski definition) is 1. The summed E-state index contributed by atoms with van der Waals surface area (Å²) in [5, 5.41) is 0.103. The summed E-state index contributed by atoms with van der Waals surface area (Å²) in [7, 11) is -3.76. The van der Waals surface area contributed by atoms with Crippen LogP contribution in [0.15, 0.2) is 42.5 Å². The number of sulfonamides is 1. The predicted octanol–water partition coefficient (Wildman–Crippen LogP) is 4.41. The fourth-order valence-corrected chi connectivity index (χ4v) is 4.52. The number of piperidine rings is 1. The molecule has 1 heterocycles. The van der Waals surface area contributed by atoms with E-state index in [0.717, 1.165) is 18.8 Å². The molecule has 1 saturated heterocycles. The average molecular weight is 383 g/mol. The highest BCUT2D eigenvalue weighted by molar-refractivity contribution is 7.91. The van der Waals surface area contributed by atoms with Gasteiger partial charge in [0.15, 0.2) is 0 Å². The summed E-state index contributed by atoms with van der Waals surface area (Å²) >= 11 is 5.91. The van der Waals surface area contributed by atoms with Gasteiger partial charge in [0.1, 0.15) is 5.82 Å². The van der Waals surface area contributed by atoms with Crippen LogP contribution in [0.4, 0.5) is 15.8 Å². The van der Waals surface area contributed by atoms with Crippen LogP contribution < -0.4 is 9.62 Å². The van der Waals surface area contributed by atoms with Gasteiger partial charge in [-0.25, -0.2) is 12.8 Å². The zero-order valence-corrected chi connectivity index (χ0v) is 15.3. The fraction of sp³-hybridized carbons (Fsp3) is 0.333. The second-order valence-electron chi connectivity index (χ2n) is 6.16. The standard InChI is InChI=1S/C18H20ClFN2O2S/c19-17-5-4-6-18(20)16(17)13-25(23,24)21-14-7-9-15(10-8-14)22-11-2-1-3-12-22/h4-10,21H,1-3,11-13H2. The van der Waals surface area contributed by atoms with E-state index in [0.29, 0.717) is 5.69 Å². The zero-order chi connectivity index (χ0) is 17.9. The van der Waals surface area contributed by atoms with Gasteiger partial charge in [-0.2, -0.15) is 0 Å². The van der Waals surface area contributed by atoms with Gasteiger partial charge in [-0.1, -0.05) is 17.7 Å². The molecule has 1 fully saturated rings. The minimum Gasteiger partial charge on any atom is -0.372 e. The summed E-state index contributed by atoms with van der Waals surface area (Å²) < 4.78 is 40.9. The van der Waals surface area contributed by atoms with Crippen LogP contribution in [0, 0.1) is 5.82 Å². The third kappa shape index (κ3) is 4.64. The molecule has 2 aromatic carbocycles. The Kier molecular flexibility index (Phi) is 5.49. The molecule has 0 radical (unpaired) electrons. The minimum atomic E-state index is -3.76. The molecule has 134 valence electrons. The summed E-state index contributed by atoms with van der Waals surface area (Å²) in [6, 6.07) is 11.4. The van der Waals surface area contributed by atoms with Crippen LogP contribution in [0.25, 0.3) is 0 Å². The van der Waals surface area contributed by atoms with Crippen molar-refractivity contribution in [2.75, 3.05) is 22.7 Å². The molecule has 0 atom stereocenters. The van der Waals surface area contributed by atoms with Gasteiger partial charge in [0, 0.05) is 35.1 Å². The minimum absolute atomic E-state index is 0.0263. The average Bonchev–Trinajstić information content (AvgIpc) is 2.59. The van der Waals surface area contributed by atoms with Crippen molar-refractivity contribution in [3.8, 4) is 0 Å². The van der Waals surface area contributed by atoms with Crippen LogP contribution in [0.1, 0.15) is 24.8 Å². The Bertz CT molecular complexity index is 814. The molecule has 0 spiro atoms. The smallest absolute Gasteiger partial charge is 0.237 e. The number of nitrogens with zero attached hydrogens (tertiary/aromatic N) is 1. The first-order valence-corrected chi connectivity index (χ1v) is 10.3. The highest BCUT2D eigenvalue weighted by atomic mass is 35.5. The first-order valence-electron chi connectivity index (χ1n) is 8.23. The van der Waals surface area contributed by atoms with Crippen LogP contribution in [-0.4, -0.2) is 21.5 Å². The van der Waals surface area contributed by atoms with E-state index in [2.05, 4.69) is 9.62 Å². The van der Waals surface area contributed by atoms with Gasteiger partial charge in [0.05, 0.1) is 5.75 Å². The number of halogens is 2. The van der Waals surface area contributed by atoms with E-state index in [9.17, 15) is 12.8 Å². The van der Waals surface area contributed by atoms with Gasteiger partial charge in [0.2, 0.25) is 10.0 Å². The van der Waals surface area contributed by atoms with Crippen LogP contribution in [0.2, 0.25) is 5.02 Å². The molecular formula is C18H20ClFN2O2S. The molecule has 2 aromatic rings. The van der Waals surface area contributed by atoms with Gasteiger partial charge < -0.3 is 4.90 Å². The van der Waals surface area contributed by atoms with Crippen molar-refractivity contribution in [1.29, 1.82) is 0 Å². The van der Waals surface area contributed by atoms with E-state index >= 15 is 0 Å². The molecule has 0 amide bonds. The molecule has 7 heteroatoms. The summed E-state index contributed by atoms with van der Waals surface area (Å²) in [4.78, 5) is 2.29. The maximum Gasteiger partial charge on any atom is 0.237 e. The number of anilines is 2. The molecule has 1 aliphatic rings. The van der Waals surface area contributed by atoms with Crippen LogP contribution in [0.5, 0.6) is 0 Å². The number of nitrogens with one attached hydrogen (secondary N) is 1. The Morgan fingerprint density at radius 2 is 1.72 bits per heavy atom. The predicted molar refractivity (Wildman–Crippen MR) is 100 cm³/mol. The quantitative estimate of drug-likeness (QED) is 0.833. The van der Waals surface area contributed by atoms with E-state index < -0.39 is 21.6 Å². The first-order chi connectivity index (χ1) is 11.9. The van der Waals surface area contributed by atoms with Gasteiger partial charge in [-0.05, 0) is 55.7 Å². The van der Waals surface area contributed by atoms with Gasteiger partial charge >= 0.3 is 0 Å². The maximum absolute atomic E-state index is 13.8. The van der Waals surface area contributed by atoms with Crippen molar-refractivity contribution >= 4 is 33.0 Å². The molecule has 3 rings (SSSR count). The second-order valence-corrected chi connectivity index (χ2v) is 8.29. The molecule has 0 bridgehead atoms. The van der Waals surface area contributed by atoms with Crippen molar-refractivity contribution in [2.24, 2.45) is 0 Å². The fourth-order valence-electron chi connectivity index (χ4n) is 2.97. The van der Waals surface area contributed by atoms with Gasteiger partial charge in [-0.3, -0.25) is 4.72 Å². The second kappa shape index (κ2) is 7.62. The van der Waals surface area contributed by atoms with Crippen molar-refractivity contribution in [1.82, 2.24) is 0 Å². The third-order valence-electron chi connectivity index (χ3n) is 4.26. The molecule has 1 aliphatic heterocycles. The van der Waals surface area contributed by atoms with Crippen molar-refractivity contribution in [2.45, 2.75) is 25.0 Å². The Hall–Kier alpha value is -1.79. The summed E-state index contributed by atoms with van der Waals surface area (Å²) in [5.74, 6) is -1.13. The lowest BCUT2D eigenvalue weighted by molar-refractivity contribution is 0.578. The van der Waals surface area contributed by atoms with Crippen LogP contribution in [-0.2, 0) is 15.8 Å². The SMILES string of the molecule is O=S(=O)(Cc1c(F)cccc1Cl)Nc1ccc(N2CCCCC2)cc1. The highest BCUT2D eigenvalue weighted by Gasteiger charge is 2.18. The Balaban J connectivity index is 1.70. The topological polar surface area (TPSA) is 49.4 Å². The molecule has 25 heavy (non-hydrogen) atoms. The van der Waals surface area contributed by atoms with Gasteiger partial charge in [0.25, 0.3) is 0 Å². The van der Waals surface area contributed by atoms with Crippen molar-refractivity contribution < 1.29 is 12.8 Å². The zero-order valence-electron chi connectivity index (χ0n) is 13.7. The lowest BCUT2D eigenvalue weighted by Gasteiger charge is -2.28. The molecule has 1 N–H and O–H groups in total. The van der Waals surface area contributed by atoms with E-state index in [1.54, 1.807) is 12.1 Å². The van der Waals surface area contributed by atoms with Crippen LogP contribution in [0.3, 0.4) is 0 Å². The van der Waals surface area contributed by atoms with E-state index in [4.69, 9.17) is 11.6 Å². The third-order valence-corrected chi connectivity index (χ3v) is 5.83. The van der Waals surface area contributed by atoms with E-state index in [1.165, 1.54) is 37.5 Å². The molecular weight excluding hydrogens is 363 g/mol. The first kappa shape index (κ1) is 18.0. The Labute approximate surface area is 152 Å². The van der Waals surface area contributed by atoms with Crippen LogP contribution >= 0.6 is 11.6 Å². The summed E-state index contributed by atoms with van der Waals surface area (Å²) in [6.45, 7) is 2.05. The maximum atomic E-state index is 13.8. The van der Waals surface area contributed by atoms with Crippen molar-refractivity contribution in [3.63, 3.8) is 0 Å².